The second kappa shape index (κ2) is 12.6. The lowest BCUT2D eigenvalue weighted by atomic mass is 10.0. The van der Waals surface area contributed by atoms with Crippen LogP contribution in [0.1, 0.15) is 65.7 Å². The van der Waals surface area contributed by atoms with E-state index in [9.17, 15) is 10.2 Å². The van der Waals surface area contributed by atoms with Gasteiger partial charge in [-0.3, -0.25) is 0 Å². The zero-order valence-corrected chi connectivity index (χ0v) is 13.7. The van der Waals surface area contributed by atoms with Crippen LogP contribution in [-0.2, 0) is 4.74 Å². The Morgan fingerprint density at radius 2 is 1.75 bits per heavy atom. The molecular formula is C16H35NO3. The van der Waals surface area contributed by atoms with Crippen molar-refractivity contribution >= 4 is 0 Å². The molecule has 122 valence electrons. The second-order valence-corrected chi connectivity index (χ2v) is 5.98. The maximum absolute atomic E-state index is 9.80. The van der Waals surface area contributed by atoms with Gasteiger partial charge in [-0.05, 0) is 19.8 Å². The number of aliphatic hydroxyl groups excluding tert-OH is 1. The molecule has 0 amide bonds. The highest BCUT2D eigenvalue weighted by molar-refractivity contribution is 4.74. The molecule has 0 aliphatic carbocycles. The summed E-state index contributed by atoms with van der Waals surface area (Å²) in [6, 6.07) is 0. The molecule has 0 aliphatic rings. The van der Waals surface area contributed by atoms with Crippen molar-refractivity contribution in [2.45, 2.75) is 77.4 Å². The van der Waals surface area contributed by atoms with E-state index in [-0.39, 0.29) is 0 Å². The molecule has 2 unspecified atom stereocenters. The van der Waals surface area contributed by atoms with Gasteiger partial charge >= 0.3 is 0 Å². The van der Waals surface area contributed by atoms with Crippen molar-refractivity contribution < 1.29 is 14.9 Å². The van der Waals surface area contributed by atoms with Gasteiger partial charge in [0.25, 0.3) is 0 Å². The molecule has 0 spiro atoms. The Bertz CT molecular complexity index is 210. The molecule has 0 radical (unpaired) electrons. The minimum Gasteiger partial charge on any atom is -0.389 e. The van der Waals surface area contributed by atoms with Gasteiger partial charge in [0, 0.05) is 19.7 Å². The summed E-state index contributed by atoms with van der Waals surface area (Å²) < 4.78 is 5.46. The zero-order valence-electron chi connectivity index (χ0n) is 13.7. The van der Waals surface area contributed by atoms with Crippen LogP contribution in [-0.4, -0.2) is 48.2 Å². The third-order valence-electron chi connectivity index (χ3n) is 3.60. The van der Waals surface area contributed by atoms with E-state index in [0.29, 0.717) is 26.1 Å². The van der Waals surface area contributed by atoms with Crippen LogP contribution in [0.2, 0.25) is 0 Å². The van der Waals surface area contributed by atoms with E-state index in [1.165, 1.54) is 32.1 Å². The summed E-state index contributed by atoms with van der Waals surface area (Å²) in [7, 11) is 0. The van der Waals surface area contributed by atoms with Crippen LogP contribution >= 0.6 is 0 Å². The van der Waals surface area contributed by atoms with Crippen LogP contribution in [0.15, 0.2) is 0 Å². The number of unbranched alkanes of at least 4 members (excludes halogenated alkanes) is 5. The van der Waals surface area contributed by atoms with E-state index in [1.807, 2.05) is 6.92 Å². The summed E-state index contributed by atoms with van der Waals surface area (Å²) in [4.78, 5) is 0. The topological polar surface area (TPSA) is 61.7 Å². The molecule has 0 fully saturated rings. The molecule has 0 rings (SSSR count). The molecule has 0 bridgehead atoms. The highest BCUT2D eigenvalue weighted by Gasteiger charge is 2.17. The first-order chi connectivity index (χ1) is 9.52. The molecule has 20 heavy (non-hydrogen) atoms. The monoisotopic (exact) mass is 289 g/mol. The highest BCUT2D eigenvalue weighted by atomic mass is 16.5. The number of rotatable bonds is 14. The number of nitrogens with one attached hydrogen (secondary N) is 1. The van der Waals surface area contributed by atoms with Crippen molar-refractivity contribution in [2.75, 3.05) is 26.3 Å². The Morgan fingerprint density at radius 1 is 1.10 bits per heavy atom. The van der Waals surface area contributed by atoms with E-state index in [0.717, 1.165) is 13.0 Å². The molecule has 0 aromatic heterocycles. The van der Waals surface area contributed by atoms with Crippen LogP contribution in [0.25, 0.3) is 0 Å². The second-order valence-electron chi connectivity index (χ2n) is 5.98. The zero-order chi connectivity index (χ0) is 15.3. The van der Waals surface area contributed by atoms with Crippen molar-refractivity contribution in [3.8, 4) is 0 Å². The Hall–Kier alpha value is -0.160. The van der Waals surface area contributed by atoms with Crippen LogP contribution in [0.3, 0.4) is 0 Å². The Kier molecular flexibility index (Phi) is 12.5. The summed E-state index contributed by atoms with van der Waals surface area (Å²) >= 11 is 0. The van der Waals surface area contributed by atoms with Gasteiger partial charge in [-0.25, -0.2) is 0 Å². The molecule has 4 heteroatoms. The molecule has 0 aliphatic heterocycles. The molecule has 0 heterocycles. The minimum absolute atomic E-state index is 0.371. The van der Waals surface area contributed by atoms with E-state index in [1.54, 1.807) is 6.92 Å². The lowest BCUT2D eigenvalue weighted by molar-refractivity contribution is 0.0248. The standard InChI is InChI=1S/C16H35NO3/c1-4-6-7-8-9-10-11-20-13-15(18)12-17-14-16(3,19)5-2/h15,17-19H,4-14H2,1-3H3. The van der Waals surface area contributed by atoms with Crippen molar-refractivity contribution in [1.29, 1.82) is 0 Å². The number of ether oxygens (including phenoxy) is 1. The Morgan fingerprint density at radius 3 is 2.40 bits per heavy atom. The molecule has 0 saturated heterocycles. The van der Waals surface area contributed by atoms with Crippen molar-refractivity contribution in [1.82, 2.24) is 5.32 Å². The van der Waals surface area contributed by atoms with Gasteiger partial charge in [0.2, 0.25) is 0 Å². The molecule has 2 atom stereocenters. The van der Waals surface area contributed by atoms with Gasteiger partial charge in [-0.2, -0.15) is 0 Å². The van der Waals surface area contributed by atoms with Crippen LogP contribution in [0.5, 0.6) is 0 Å². The van der Waals surface area contributed by atoms with Gasteiger partial charge in [0.05, 0.1) is 18.3 Å². The van der Waals surface area contributed by atoms with E-state index < -0.39 is 11.7 Å². The minimum atomic E-state index is -0.695. The highest BCUT2D eigenvalue weighted by Crippen LogP contribution is 2.06. The number of hydrogen-bond donors (Lipinski definition) is 3. The van der Waals surface area contributed by atoms with Crippen LogP contribution < -0.4 is 5.32 Å². The van der Waals surface area contributed by atoms with Gasteiger partial charge in [-0.15, -0.1) is 0 Å². The largest absolute Gasteiger partial charge is 0.389 e. The predicted octanol–water partition coefficient (Wildman–Crippen LogP) is 2.48. The van der Waals surface area contributed by atoms with Gasteiger partial charge in [0.1, 0.15) is 0 Å². The van der Waals surface area contributed by atoms with Crippen molar-refractivity contribution in [2.24, 2.45) is 0 Å². The molecule has 0 saturated carbocycles. The SMILES string of the molecule is CCCCCCCCOCC(O)CNCC(C)(O)CC. The fraction of sp³-hybridized carbons (Fsp3) is 1.00. The van der Waals surface area contributed by atoms with E-state index in [4.69, 9.17) is 4.74 Å². The predicted molar refractivity (Wildman–Crippen MR) is 84.0 cm³/mol. The maximum Gasteiger partial charge on any atom is 0.0897 e. The number of aliphatic hydroxyl groups is 2. The smallest absolute Gasteiger partial charge is 0.0897 e. The van der Waals surface area contributed by atoms with E-state index >= 15 is 0 Å². The van der Waals surface area contributed by atoms with Crippen LogP contribution in [0, 0.1) is 0 Å². The Labute approximate surface area is 124 Å². The third kappa shape index (κ3) is 12.9. The Balaban J connectivity index is 3.30. The van der Waals surface area contributed by atoms with Gasteiger partial charge in [-0.1, -0.05) is 46.0 Å². The average Bonchev–Trinajstić information content (AvgIpc) is 2.41. The summed E-state index contributed by atoms with van der Waals surface area (Å²) in [6.07, 6.45) is 7.70. The van der Waals surface area contributed by atoms with Crippen molar-refractivity contribution in [3.63, 3.8) is 0 Å². The fourth-order valence-electron chi connectivity index (χ4n) is 1.90. The molecule has 0 aromatic rings. The molecular weight excluding hydrogens is 254 g/mol. The summed E-state index contributed by atoms with van der Waals surface area (Å²) in [6.45, 7) is 8.03. The first-order valence-electron chi connectivity index (χ1n) is 8.20. The maximum atomic E-state index is 9.80. The summed E-state index contributed by atoms with van der Waals surface area (Å²) in [5.74, 6) is 0. The molecule has 4 nitrogen and oxygen atoms in total. The third-order valence-corrected chi connectivity index (χ3v) is 3.60. The van der Waals surface area contributed by atoms with Crippen molar-refractivity contribution in [3.05, 3.63) is 0 Å². The van der Waals surface area contributed by atoms with E-state index in [2.05, 4.69) is 12.2 Å². The number of hydrogen-bond acceptors (Lipinski definition) is 4. The first-order valence-corrected chi connectivity index (χ1v) is 8.20. The van der Waals surface area contributed by atoms with Crippen LogP contribution in [0.4, 0.5) is 0 Å². The molecule has 3 N–H and O–H groups in total. The summed E-state index contributed by atoms with van der Waals surface area (Å²) in [5.41, 5.74) is -0.695. The fourth-order valence-corrected chi connectivity index (χ4v) is 1.90. The summed E-state index contributed by atoms with van der Waals surface area (Å²) in [5, 5.41) is 22.6. The first kappa shape index (κ1) is 19.8. The quantitative estimate of drug-likeness (QED) is 0.430. The lowest BCUT2D eigenvalue weighted by Gasteiger charge is -2.22. The normalized spacial score (nSPS) is 16.1. The lowest BCUT2D eigenvalue weighted by Crippen LogP contribution is -2.41. The van der Waals surface area contributed by atoms with Gasteiger partial charge < -0.3 is 20.3 Å². The molecule has 0 aromatic carbocycles. The van der Waals surface area contributed by atoms with Gasteiger partial charge in [0.15, 0.2) is 0 Å². The average molecular weight is 289 g/mol.